The van der Waals surface area contributed by atoms with Crippen molar-refractivity contribution in [3.05, 3.63) is 72.6 Å². The molecule has 28 heavy (non-hydrogen) atoms. The standard InChI is InChI=1S/C24H20N2OS/c1-2-3-11-22-25-26-24(27-22)17-14-12-16(13-15-17)18-8-6-9-20-19-7-4-5-10-21(19)28-23(18)20/h4-10,12-15H,2-3,11H2,1H3. The Morgan fingerprint density at radius 1 is 0.821 bits per heavy atom. The van der Waals surface area contributed by atoms with Gasteiger partial charge in [-0.3, -0.25) is 0 Å². The Morgan fingerprint density at radius 3 is 2.46 bits per heavy atom. The Bertz CT molecular complexity index is 1250. The van der Waals surface area contributed by atoms with E-state index in [1.54, 1.807) is 0 Å². The quantitative estimate of drug-likeness (QED) is 0.324. The smallest absolute Gasteiger partial charge is 0.247 e. The Kier molecular flexibility index (Phi) is 4.41. The lowest BCUT2D eigenvalue weighted by Gasteiger charge is -2.04. The molecule has 3 aromatic carbocycles. The van der Waals surface area contributed by atoms with E-state index in [-0.39, 0.29) is 0 Å². The number of rotatable bonds is 5. The SMILES string of the molecule is CCCCc1nnc(-c2ccc(-c3cccc4c3sc3ccccc34)cc2)o1. The molecule has 0 N–H and O–H groups in total. The number of benzene rings is 3. The molecule has 2 heterocycles. The third kappa shape index (κ3) is 3.00. The van der Waals surface area contributed by atoms with Crippen molar-refractivity contribution in [2.24, 2.45) is 0 Å². The van der Waals surface area contributed by atoms with Gasteiger partial charge in [-0.2, -0.15) is 0 Å². The maximum atomic E-state index is 5.81. The van der Waals surface area contributed by atoms with Crippen molar-refractivity contribution in [1.29, 1.82) is 0 Å². The molecule has 0 atom stereocenters. The number of aryl methyl sites for hydroxylation is 1. The van der Waals surface area contributed by atoms with Crippen LogP contribution < -0.4 is 0 Å². The fourth-order valence-corrected chi connectivity index (χ4v) is 4.80. The summed E-state index contributed by atoms with van der Waals surface area (Å²) in [5.74, 6) is 1.31. The highest BCUT2D eigenvalue weighted by Crippen LogP contribution is 2.39. The van der Waals surface area contributed by atoms with E-state index in [0.29, 0.717) is 5.89 Å². The number of hydrogen-bond acceptors (Lipinski definition) is 4. The van der Waals surface area contributed by atoms with E-state index in [1.165, 1.54) is 31.3 Å². The number of hydrogen-bond donors (Lipinski definition) is 0. The Morgan fingerprint density at radius 2 is 1.61 bits per heavy atom. The van der Waals surface area contributed by atoms with E-state index in [9.17, 15) is 0 Å². The number of unbranched alkanes of at least 4 members (excludes halogenated alkanes) is 1. The normalized spacial score (nSPS) is 11.5. The molecule has 0 bridgehead atoms. The van der Waals surface area contributed by atoms with E-state index in [0.717, 1.165) is 30.7 Å². The van der Waals surface area contributed by atoms with Crippen molar-refractivity contribution in [3.8, 4) is 22.6 Å². The van der Waals surface area contributed by atoms with Crippen LogP contribution in [0.2, 0.25) is 0 Å². The van der Waals surface area contributed by atoms with E-state index in [4.69, 9.17) is 4.42 Å². The van der Waals surface area contributed by atoms with Gasteiger partial charge < -0.3 is 4.42 Å². The minimum Gasteiger partial charge on any atom is -0.421 e. The van der Waals surface area contributed by atoms with E-state index < -0.39 is 0 Å². The molecule has 0 aliphatic carbocycles. The highest BCUT2D eigenvalue weighted by molar-refractivity contribution is 7.26. The molecule has 0 saturated carbocycles. The predicted molar refractivity (Wildman–Crippen MR) is 117 cm³/mol. The van der Waals surface area contributed by atoms with Crippen LogP contribution in [0.15, 0.2) is 71.1 Å². The second-order valence-electron chi connectivity index (χ2n) is 6.96. The van der Waals surface area contributed by atoms with Crippen LogP contribution in [0.4, 0.5) is 0 Å². The zero-order valence-corrected chi connectivity index (χ0v) is 16.5. The first-order valence-corrected chi connectivity index (χ1v) is 10.5. The molecule has 0 spiro atoms. The molecule has 4 heteroatoms. The first-order valence-electron chi connectivity index (χ1n) is 9.67. The number of aromatic nitrogens is 2. The Labute approximate surface area is 167 Å². The largest absolute Gasteiger partial charge is 0.421 e. The van der Waals surface area contributed by atoms with Crippen LogP contribution in [0.25, 0.3) is 42.8 Å². The third-order valence-corrected chi connectivity index (χ3v) is 6.28. The van der Waals surface area contributed by atoms with Crippen LogP contribution in [-0.2, 0) is 6.42 Å². The van der Waals surface area contributed by atoms with Crippen molar-refractivity contribution in [2.45, 2.75) is 26.2 Å². The highest BCUT2D eigenvalue weighted by Gasteiger charge is 2.12. The number of nitrogens with zero attached hydrogens (tertiary/aromatic N) is 2. The maximum Gasteiger partial charge on any atom is 0.247 e. The molecule has 2 aromatic heterocycles. The van der Waals surface area contributed by atoms with Crippen molar-refractivity contribution in [3.63, 3.8) is 0 Å². The first-order chi connectivity index (χ1) is 13.8. The Balaban J connectivity index is 1.51. The minimum absolute atomic E-state index is 0.595. The van der Waals surface area contributed by atoms with Crippen molar-refractivity contribution >= 4 is 31.5 Å². The van der Waals surface area contributed by atoms with Crippen LogP contribution in [0.1, 0.15) is 25.7 Å². The van der Waals surface area contributed by atoms with Crippen LogP contribution in [0.3, 0.4) is 0 Å². The van der Waals surface area contributed by atoms with Crippen molar-refractivity contribution < 1.29 is 4.42 Å². The molecule has 0 aliphatic heterocycles. The summed E-state index contributed by atoms with van der Waals surface area (Å²) in [7, 11) is 0. The molecular weight excluding hydrogens is 364 g/mol. The van der Waals surface area contributed by atoms with Gasteiger partial charge in [0, 0.05) is 32.2 Å². The van der Waals surface area contributed by atoms with E-state index in [2.05, 4.69) is 83.9 Å². The Hall–Kier alpha value is -2.98. The topological polar surface area (TPSA) is 38.9 Å². The van der Waals surface area contributed by atoms with E-state index in [1.807, 2.05) is 11.3 Å². The highest BCUT2D eigenvalue weighted by atomic mass is 32.1. The van der Waals surface area contributed by atoms with Gasteiger partial charge in [0.2, 0.25) is 11.8 Å². The fourth-order valence-electron chi connectivity index (χ4n) is 3.57. The molecule has 5 aromatic rings. The minimum atomic E-state index is 0.595. The lowest BCUT2D eigenvalue weighted by Crippen LogP contribution is -1.83. The summed E-state index contributed by atoms with van der Waals surface area (Å²) in [6, 6.07) is 23.6. The van der Waals surface area contributed by atoms with Crippen molar-refractivity contribution in [1.82, 2.24) is 10.2 Å². The summed E-state index contributed by atoms with van der Waals surface area (Å²) >= 11 is 1.85. The molecule has 0 saturated heterocycles. The van der Waals surface area contributed by atoms with Crippen LogP contribution in [0.5, 0.6) is 0 Å². The molecule has 0 aliphatic rings. The van der Waals surface area contributed by atoms with Crippen molar-refractivity contribution in [2.75, 3.05) is 0 Å². The molecular formula is C24H20N2OS. The van der Waals surface area contributed by atoms with Gasteiger partial charge in [-0.05, 0) is 35.7 Å². The van der Waals surface area contributed by atoms with Gasteiger partial charge >= 0.3 is 0 Å². The average Bonchev–Trinajstić information content (AvgIpc) is 3.37. The van der Waals surface area contributed by atoms with Gasteiger partial charge in [-0.1, -0.05) is 61.9 Å². The predicted octanol–water partition coefficient (Wildman–Crippen LogP) is 7.11. The fraction of sp³-hybridized carbons (Fsp3) is 0.167. The summed E-state index contributed by atoms with van der Waals surface area (Å²) in [6.07, 6.45) is 3.03. The van der Waals surface area contributed by atoms with E-state index >= 15 is 0 Å². The summed E-state index contributed by atoms with van der Waals surface area (Å²) < 4.78 is 8.46. The lowest BCUT2D eigenvalue weighted by molar-refractivity contribution is 0.496. The summed E-state index contributed by atoms with van der Waals surface area (Å²) in [5, 5.41) is 11.0. The lowest BCUT2D eigenvalue weighted by atomic mass is 10.0. The summed E-state index contributed by atoms with van der Waals surface area (Å²) in [5.41, 5.74) is 3.42. The molecule has 5 rings (SSSR count). The average molecular weight is 385 g/mol. The second-order valence-corrected chi connectivity index (χ2v) is 8.01. The third-order valence-electron chi connectivity index (χ3n) is 5.06. The van der Waals surface area contributed by atoms with Gasteiger partial charge in [0.25, 0.3) is 0 Å². The maximum absolute atomic E-state index is 5.81. The van der Waals surface area contributed by atoms with Gasteiger partial charge in [-0.15, -0.1) is 21.5 Å². The molecule has 0 amide bonds. The van der Waals surface area contributed by atoms with Crippen LogP contribution in [0, 0.1) is 0 Å². The molecule has 0 unspecified atom stereocenters. The van der Waals surface area contributed by atoms with Gasteiger partial charge in [0.1, 0.15) is 0 Å². The number of fused-ring (bicyclic) bond motifs is 3. The molecule has 0 radical (unpaired) electrons. The zero-order valence-electron chi connectivity index (χ0n) is 15.7. The zero-order chi connectivity index (χ0) is 18.9. The monoisotopic (exact) mass is 384 g/mol. The first kappa shape index (κ1) is 17.1. The molecule has 3 nitrogen and oxygen atoms in total. The van der Waals surface area contributed by atoms with Crippen LogP contribution in [-0.4, -0.2) is 10.2 Å². The van der Waals surface area contributed by atoms with Gasteiger partial charge in [0.15, 0.2) is 0 Å². The van der Waals surface area contributed by atoms with Gasteiger partial charge in [-0.25, -0.2) is 0 Å². The molecule has 138 valence electrons. The van der Waals surface area contributed by atoms with Crippen LogP contribution >= 0.6 is 11.3 Å². The van der Waals surface area contributed by atoms with Gasteiger partial charge in [0.05, 0.1) is 0 Å². The summed E-state index contributed by atoms with van der Waals surface area (Å²) in [4.78, 5) is 0. The molecule has 0 fully saturated rings. The second kappa shape index (κ2) is 7.21. The summed E-state index contributed by atoms with van der Waals surface area (Å²) in [6.45, 7) is 2.16. The number of thiophene rings is 1.